The fraction of sp³-hybridized carbons (Fsp3) is 0.500. The van der Waals surface area contributed by atoms with Gasteiger partial charge in [0.05, 0.1) is 12.1 Å². The molecule has 0 aromatic carbocycles. The maximum absolute atomic E-state index is 12.0. The van der Waals surface area contributed by atoms with E-state index in [0.29, 0.717) is 25.5 Å². The van der Waals surface area contributed by atoms with E-state index in [9.17, 15) is 4.79 Å². The Balaban J connectivity index is 2.57. The zero-order chi connectivity index (χ0) is 13.4. The molecule has 6 heteroatoms. The van der Waals surface area contributed by atoms with Crippen molar-refractivity contribution in [2.75, 3.05) is 18.4 Å². The maximum atomic E-state index is 12.0. The Hall–Kier alpha value is -2.00. The number of aromatic nitrogens is 2. The van der Waals surface area contributed by atoms with Crippen LogP contribution in [0.1, 0.15) is 20.3 Å². The Morgan fingerprint density at radius 2 is 2.22 bits per heavy atom. The molecular weight excluding hydrogens is 230 g/mol. The van der Waals surface area contributed by atoms with Gasteiger partial charge in [-0.25, -0.2) is 9.97 Å². The number of nitriles is 1. The van der Waals surface area contributed by atoms with Crippen LogP contribution in [-0.2, 0) is 4.79 Å². The van der Waals surface area contributed by atoms with E-state index in [1.807, 2.05) is 11.8 Å². The number of carbonyl (C=O) groups is 1. The number of likely N-dealkylation sites (N-methyl/N-ethyl adjacent to an activating group) is 1. The Bertz CT molecular complexity index is 414. The van der Waals surface area contributed by atoms with E-state index in [2.05, 4.69) is 21.4 Å². The van der Waals surface area contributed by atoms with Gasteiger partial charge in [0.15, 0.2) is 0 Å². The first-order valence-corrected chi connectivity index (χ1v) is 5.88. The molecule has 0 aliphatic rings. The second-order valence-corrected chi connectivity index (χ2v) is 3.77. The summed E-state index contributed by atoms with van der Waals surface area (Å²) >= 11 is 0. The molecule has 1 rings (SSSR count). The van der Waals surface area contributed by atoms with E-state index < -0.39 is 0 Å². The minimum absolute atomic E-state index is 0.166. The van der Waals surface area contributed by atoms with Gasteiger partial charge in [-0.05, 0) is 19.5 Å². The van der Waals surface area contributed by atoms with Gasteiger partial charge in [-0.15, -0.1) is 0 Å². The minimum Gasteiger partial charge on any atom is -0.293 e. The lowest BCUT2D eigenvalue weighted by Gasteiger charge is -2.25. The Labute approximate surface area is 107 Å². The van der Waals surface area contributed by atoms with Crippen LogP contribution in [0.2, 0.25) is 0 Å². The van der Waals surface area contributed by atoms with Crippen molar-refractivity contribution in [1.29, 1.82) is 5.26 Å². The molecule has 1 unspecified atom stereocenters. The minimum atomic E-state index is -0.313. The average Bonchev–Trinajstić information content (AvgIpc) is 2.40. The van der Waals surface area contributed by atoms with Crippen molar-refractivity contribution < 1.29 is 4.79 Å². The van der Waals surface area contributed by atoms with Crippen LogP contribution in [0.25, 0.3) is 0 Å². The molecule has 0 fully saturated rings. The number of carbonyl (C=O) groups excluding carboxylic acids is 1. The smallest absolute Gasteiger partial charge is 0.243 e. The Morgan fingerprint density at radius 3 is 2.78 bits per heavy atom. The first kappa shape index (κ1) is 14.1. The number of hydrogen-bond acceptors (Lipinski definition) is 5. The summed E-state index contributed by atoms with van der Waals surface area (Å²) in [7, 11) is 0. The van der Waals surface area contributed by atoms with Crippen LogP contribution >= 0.6 is 0 Å². The molecule has 1 aromatic heterocycles. The fourth-order valence-corrected chi connectivity index (χ4v) is 1.56. The number of rotatable bonds is 6. The molecule has 0 spiro atoms. The second kappa shape index (κ2) is 7.35. The topological polar surface area (TPSA) is 81.9 Å². The number of hydrogen-bond donors (Lipinski definition) is 1. The molecule has 1 aromatic rings. The largest absolute Gasteiger partial charge is 0.293 e. The first-order valence-electron chi connectivity index (χ1n) is 5.88. The fourth-order valence-electron chi connectivity index (χ4n) is 1.56. The lowest BCUT2D eigenvalue weighted by molar-refractivity contribution is -0.120. The highest BCUT2D eigenvalue weighted by Gasteiger charge is 2.20. The van der Waals surface area contributed by atoms with E-state index in [-0.39, 0.29) is 11.9 Å². The lowest BCUT2D eigenvalue weighted by Crippen LogP contribution is -2.42. The van der Waals surface area contributed by atoms with Crippen LogP contribution in [0, 0.1) is 11.3 Å². The number of nitrogens with one attached hydrogen (secondary N) is 1. The van der Waals surface area contributed by atoms with Crippen LogP contribution in [0.15, 0.2) is 18.5 Å². The van der Waals surface area contributed by atoms with Crippen molar-refractivity contribution in [3.8, 4) is 6.07 Å². The molecule has 1 heterocycles. The Kier molecular flexibility index (Phi) is 5.74. The zero-order valence-corrected chi connectivity index (χ0v) is 10.6. The third-order valence-corrected chi connectivity index (χ3v) is 2.64. The van der Waals surface area contributed by atoms with Crippen molar-refractivity contribution in [2.45, 2.75) is 26.3 Å². The third-order valence-electron chi connectivity index (χ3n) is 2.64. The van der Waals surface area contributed by atoms with Crippen molar-refractivity contribution >= 4 is 11.9 Å². The van der Waals surface area contributed by atoms with Crippen LogP contribution < -0.4 is 5.32 Å². The summed E-state index contributed by atoms with van der Waals surface area (Å²) in [5.74, 6) is 0.131. The number of amides is 1. The van der Waals surface area contributed by atoms with Gasteiger partial charge in [-0.1, -0.05) is 6.92 Å². The highest BCUT2D eigenvalue weighted by atomic mass is 16.2. The number of anilines is 1. The van der Waals surface area contributed by atoms with Gasteiger partial charge in [-0.3, -0.25) is 15.0 Å². The third kappa shape index (κ3) is 4.11. The summed E-state index contributed by atoms with van der Waals surface area (Å²) < 4.78 is 0. The SMILES string of the molecule is CCN(CCC#N)C(C)C(=O)Nc1ncccn1. The summed E-state index contributed by atoms with van der Waals surface area (Å²) in [6, 6.07) is 3.45. The molecule has 18 heavy (non-hydrogen) atoms. The zero-order valence-electron chi connectivity index (χ0n) is 10.6. The molecule has 0 aliphatic carbocycles. The summed E-state index contributed by atoms with van der Waals surface area (Å²) in [5.41, 5.74) is 0. The van der Waals surface area contributed by atoms with Crippen molar-refractivity contribution in [3.63, 3.8) is 0 Å². The van der Waals surface area contributed by atoms with E-state index in [1.165, 1.54) is 0 Å². The van der Waals surface area contributed by atoms with Gasteiger partial charge in [0.1, 0.15) is 0 Å². The normalized spacial score (nSPS) is 11.9. The molecule has 1 atom stereocenters. The van der Waals surface area contributed by atoms with Gasteiger partial charge in [0.25, 0.3) is 0 Å². The van der Waals surface area contributed by atoms with Gasteiger partial charge >= 0.3 is 0 Å². The molecule has 0 radical (unpaired) electrons. The van der Waals surface area contributed by atoms with Crippen LogP contribution in [0.5, 0.6) is 0 Å². The summed E-state index contributed by atoms with van der Waals surface area (Å²) in [5, 5.41) is 11.2. The molecule has 0 aliphatic heterocycles. The molecule has 0 bridgehead atoms. The Morgan fingerprint density at radius 1 is 1.56 bits per heavy atom. The van der Waals surface area contributed by atoms with Crippen molar-refractivity contribution in [3.05, 3.63) is 18.5 Å². The van der Waals surface area contributed by atoms with Crippen LogP contribution in [0.4, 0.5) is 5.95 Å². The lowest BCUT2D eigenvalue weighted by atomic mass is 10.2. The van der Waals surface area contributed by atoms with Gasteiger partial charge in [0.2, 0.25) is 11.9 Å². The van der Waals surface area contributed by atoms with Gasteiger partial charge in [-0.2, -0.15) is 5.26 Å². The van der Waals surface area contributed by atoms with Crippen LogP contribution in [-0.4, -0.2) is 39.9 Å². The predicted octanol–water partition coefficient (Wildman–Crippen LogP) is 1.04. The van der Waals surface area contributed by atoms with Crippen LogP contribution in [0.3, 0.4) is 0 Å². The van der Waals surface area contributed by atoms with E-state index in [1.54, 1.807) is 25.4 Å². The van der Waals surface area contributed by atoms with E-state index >= 15 is 0 Å². The molecule has 1 N–H and O–H groups in total. The monoisotopic (exact) mass is 247 g/mol. The highest BCUT2D eigenvalue weighted by Crippen LogP contribution is 2.03. The molecule has 1 amide bonds. The maximum Gasteiger partial charge on any atom is 0.243 e. The summed E-state index contributed by atoms with van der Waals surface area (Å²) in [6.07, 6.45) is 3.55. The predicted molar refractivity (Wildman–Crippen MR) is 67.6 cm³/mol. The first-order chi connectivity index (χ1) is 8.69. The highest BCUT2D eigenvalue weighted by molar-refractivity contribution is 5.92. The van der Waals surface area contributed by atoms with E-state index in [0.717, 1.165) is 0 Å². The molecule has 96 valence electrons. The van der Waals surface area contributed by atoms with Gasteiger partial charge in [0, 0.05) is 25.4 Å². The van der Waals surface area contributed by atoms with Gasteiger partial charge < -0.3 is 0 Å². The average molecular weight is 247 g/mol. The molecule has 6 nitrogen and oxygen atoms in total. The van der Waals surface area contributed by atoms with Crippen molar-refractivity contribution in [1.82, 2.24) is 14.9 Å². The quantitative estimate of drug-likeness (QED) is 0.812. The second-order valence-electron chi connectivity index (χ2n) is 3.77. The summed E-state index contributed by atoms with van der Waals surface area (Å²) in [6.45, 7) is 5.06. The number of nitrogens with zero attached hydrogens (tertiary/aromatic N) is 4. The van der Waals surface area contributed by atoms with Crippen molar-refractivity contribution in [2.24, 2.45) is 0 Å². The standard InChI is InChI=1S/C12H17N5O/c1-3-17(9-4-6-13)10(2)11(18)16-12-14-7-5-8-15-12/h5,7-8,10H,3-4,9H2,1-2H3,(H,14,15,16,18). The molecule has 0 saturated carbocycles. The molecule has 0 saturated heterocycles. The van der Waals surface area contributed by atoms with E-state index in [4.69, 9.17) is 5.26 Å². The molecular formula is C12H17N5O. The summed E-state index contributed by atoms with van der Waals surface area (Å²) in [4.78, 5) is 21.8.